The smallest absolute Gasteiger partial charge is 0.237 e. The van der Waals surface area contributed by atoms with E-state index >= 15 is 0 Å². The Kier molecular flexibility index (Phi) is 9.56. The molecule has 1 N–H and O–H groups in total. The van der Waals surface area contributed by atoms with Gasteiger partial charge in [-0.25, -0.2) is 9.97 Å². The molecule has 5 aromatic rings. The Balaban J connectivity index is 1.13. The first-order valence-corrected chi connectivity index (χ1v) is 17.7. The molecule has 0 unspecified atom stereocenters. The predicted octanol–water partition coefficient (Wildman–Crippen LogP) is 6.84. The molecule has 3 aromatic carbocycles. The lowest BCUT2D eigenvalue weighted by molar-refractivity contribution is -0.133. The van der Waals surface area contributed by atoms with E-state index < -0.39 is 0 Å². The first kappa shape index (κ1) is 33.7. The lowest BCUT2D eigenvalue weighted by Gasteiger charge is -2.30. The number of benzene rings is 3. The minimum atomic E-state index is -0.261. The van der Waals surface area contributed by atoms with Gasteiger partial charge in [-0.1, -0.05) is 38.1 Å². The SMILES string of the molecule is CCCN(CC)Cc1cc(C#N)c2oc(-c3cccc(-c4cccc(-c5nc6c(o5)CN(C(=O)CN5CCC(O)CC5)C6)c4C)c3C)nc2c1. The fourth-order valence-corrected chi connectivity index (χ4v) is 7.32. The van der Waals surface area contributed by atoms with Gasteiger partial charge in [-0.05, 0) is 98.3 Å². The van der Waals surface area contributed by atoms with E-state index in [1.54, 1.807) is 4.90 Å². The van der Waals surface area contributed by atoms with Gasteiger partial charge in [0.1, 0.15) is 23.0 Å². The fraction of sp³-hybridized carbons (Fsp3) is 0.400. The molecule has 258 valence electrons. The second-order valence-electron chi connectivity index (χ2n) is 13.6. The van der Waals surface area contributed by atoms with Crippen molar-refractivity contribution < 1.29 is 18.7 Å². The van der Waals surface area contributed by atoms with Crippen molar-refractivity contribution >= 4 is 17.0 Å². The minimum Gasteiger partial charge on any atom is -0.439 e. The third-order valence-electron chi connectivity index (χ3n) is 10.2. The molecule has 2 aliphatic heterocycles. The van der Waals surface area contributed by atoms with Crippen molar-refractivity contribution in [2.24, 2.45) is 0 Å². The maximum absolute atomic E-state index is 13.0. The van der Waals surface area contributed by atoms with E-state index in [4.69, 9.17) is 18.8 Å². The van der Waals surface area contributed by atoms with Crippen LogP contribution in [0.4, 0.5) is 0 Å². The second-order valence-corrected chi connectivity index (χ2v) is 13.6. The summed E-state index contributed by atoms with van der Waals surface area (Å²) < 4.78 is 12.6. The van der Waals surface area contributed by atoms with E-state index in [0.29, 0.717) is 60.9 Å². The van der Waals surface area contributed by atoms with Gasteiger partial charge in [-0.3, -0.25) is 14.6 Å². The van der Waals surface area contributed by atoms with Crippen LogP contribution >= 0.6 is 0 Å². The summed E-state index contributed by atoms with van der Waals surface area (Å²) in [6.45, 7) is 13.8. The van der Waals surface area contributed by atoms with E-state index in [0.717, 1.165) is 89.5 Å². The average molecular weight is 673 g/mol. The lowest BCUT2D eigenvalue weighted by atomic mass is 9.91. The molecule has 2 aromatic heterocycles. The molecule has 7 rings (SSSR count). The Hall–Kier alpha value is -4.82. The summed E-state index contributed by atoms with van der Waals surface area (Å²) in [6, 6.07) is 18.5. The van der Waals surface area contributed by atoms with Crippen LogP contribution in [0.1, 0.15) is 66.8 Å². The zero-order valence-electron chi connectivity index (χ0n) is 29.3. The lowest BCUT2D eigenvalue weighted by Crippen LogP contribution is -2.42. The van der Waals surface area contributed by atoms with Crippen LogP contribution < -0.4 is 0 Å². The van der Waals surface area contributed by atoms with Crippen LogP contribution in [0.3, 0.4) is 0 Å². The summed E-state index contributed by atoms with van der Waals surface area (Å²) in [5.74, 6) is 1.83. The van der Waals surface area contributed by atoms with E-state index in [2.05, 4.69) is 55.7 Å². The number of oxazole rings is 2. The largest absolute Gasteiger partial charge is 0.439 e. The summed E-state index contributed by atoms with van der Waals surface area (Å²) in [4.78, 5) is 29.0. The number of rotatable bonds is 10. The van der Waals surface area contributed by atoms with Gasteiger partial charge in [0.05, 0.1) is 31.3 Å². The van der Waals surface area contributed by atoms with Gasteiger partial charge in [0, 0.05) is 30.8 Å². The third-order valence-corrected chi connectivity index (χ3v) is 10.2. The monoisotopic (exact) mass is 672 g/mol. The summed E-state index contributed by atoms with van der Waals surface area (Å²) in [5, 5.41) is 19.8. The molecule has 50 heavy (non-hydrogen) atoms. The molecular weight excluding hydrogens is 628 g/mol. The van der Waals surface area contributed by atoms with Gasteiger partial charge < -0.3 is 18.8 Å². The zero-order chi connectivity index (χ0) is 34.9. The van der Waals surface area contributed by atoms with Crippen LogP contribution in [0.2, 0.25) is 0 Å². The molecule has 0 spiro atoms. The van der Waals surface area contributed by atoms with Gasteiger partial charge >= 0.3 is 0 Å². The van der Waals surface area contributed by atoms with Crippen molar-refractivity contribution in [2.45, 2.75) is 72.7 Å². The second kappa shape index (κ2) is 14.2. The van der Waals surface area contributed by atoms with Crippen molar-refractivity contribution in [1.82, 2.24) is 24.7 Å². The molecule has 0 bridgehead atoms. The molecule has 1 saturated heterocycles. The summed E-state index contributed by atoms with van der Waals surface area (Å²) >= 11 is 0. The minimum absolute atomic E-state index is 0.0583. The Morgan fingerprint density at radius 3 is 2.24 bits per heavy atom. The van der Waals surface area contributed by atoms with Crippen LogP contribution in [0, 0.1) is 25.2 Å². The van der Waals surface area contributed by atoms with Gasteiger partial charge in [-0.15, -0.1) is 0 Å². The molecular formula is C40H44N6O4. The van der Waals surface area contributed by atoms with Crippen LogP contribution in [0.25, 0.3) is 45.1 Å². The molecule has 0 saturated carbocycles. The number of fused-ring (bicyclic) bond motifs is 2. The molecule has 1 fully saturated rings. The van der Waals surface area contributed by atoms with Crippen LogP contribution in [0.15, 0.2) is 57.4 Å². The maximum Gasteiger partial charge on any atom is 0.237 e. The number of carbonyl (C=O) groups is 1. The molecule has 10 heteroatoms. The average Bonchev–Trinajstić information content (AvgIpc) is 3.83. The van der Waals surface area contributed by atoms with Crippen molar-refractivity contribution in [1.29, 1.82) is 5.26 Å². The highest BCUT2D eigenvalue weighted by Crippen LogP contribution is 2.38. The van der Waals surface area contributed by atoms with E-state index in [9.17, 15) is 15.2 Å². The number of aliphatic hydroxyl groups is 1. The molecule has 0 atom stereocenters. The highest BCUT2D eigenvalue weighted by Gasteiger charge is 2.31. The van der Waals surface area contributed by atoms with Gasteiger partial charge in [0.15, 0.2) is 5.58 Å². The number of hydrogen-bond acceptors (Lipinski definition) is 9. The van der Waals surface area contributed by atoms with Crippen LogP contribution in [0.5, 0.6) is 0 Å². The number of hydrogen-bond donors (Lipinski definition) is 1. The maximum atomic E-state index is 13.0. The molecule has 2 aliphatic rings. The molecule has 0 aliphatic carbocycles. The number of carbonyl (C=O) groups excluding carboxylic acids is 1. The number of piperidine rings is 1. The quantitative estimate of drug-likeness (QED) is 0.170. The topological polar surface area (TPSA) is 123 Å². The van der Waals surface area contributed by atoms with Gasteiger partial charge in [-0.2, -0.15) is 5.26 Å². The van der Waals surface area contributed by atoms with E-state index in [1.165, 1.54) is 0 Å². The number of aromatic nitrogens is 2. The van der Waals surface area contributed by atoms with Crippen molar-refractivity contribution in [3.05, 3.63) is 82.2 Å². The number of likely N-dealkylation sites (tertiary alicyclic amines) is 1. The molecule has 1 amide bonds. The number of nitriles is 1. The molecule has 10 nitrogen and oxygen atoms in total. The summed E-state index contributed by atoms with van der Waals surface area (Å²) in [6.07, 6.45) is 2.22. The molecule has 0 radical (unpaired) electrons. The third kappa shape index (κ3) is 6.56. The van der Waals surface area contributed by atoms with E-state index in [1.807, 2.05) is 36.4 Å². The van der Waals surface area contributed by atoms with Crippen molar-refractivity contribution in [2.75, 3.05) is 32.7 Å². The normalized spacial score (nSPS) is 15.3. The Morgan fingerprint density at radius 1 is 0.960 bits per heavy atom. The summed E-state index contributed by atoms with van der Waals surface area (Å²) in [5.41, 5.74) is 9.48. The highest BCUT2D eigenvalue weighted by molar-refractivity contribution is 5.85. The first-order valence-electron chi connectivity index (χ1n) is 17.7. The van der Waals surface area contributed by atoms with Gasteiger partial charge in [0.25, 0.3) is 0 Å². The standard InChI is InChI=1S/C40H44N6O4/c1-5-15-44(6-2)21-27-18-28(20-41)38-34(19-27)42-40(50-38)33-12-8-10-31(26(33)4)30-9-7-11-32(25(30)3)39-43-35-22-46(23-36(35)49-39)37(48)24-45-16-13-29(47)14-17-45/h7-12,18-19,29,47H,5-6,13-17,21-24H2,1-4H3. The number of nitrogens with zero attached hydrogens (tertiary/aromatic N) is 6. The van der Waals surface area contributed by atoms with Crippen LogP contribution in [-0.4, -0.2) is 74.5 Å². The number of aliphatic hydroxyl groups excluding tert-OH is 1. The number of amides is 1. The van der Waals surface area contributed by atoms with Crippen molar-refractivity contribution in [3.8, 4) is 40.1 Å². The first-order chi connectivity index (χ1) is 24.3. The van der Waals surface area contributed by atoms with Crippen molar-refractivity contribution in [3.63, 3.8) is 0 Å². The Morgan fingerprint density at radius 2 is 1.62 bits per heavy atom. The highest BCUT2D eigenvalue weighted by atomic mass is 16.4. The van der Waals surface area contributed by atoms with Gasteiger partial charge in [0.2, 0.25) is 17.7 Å². The zero-order valence-corrected chi connectivity index (χ0v) is 29.3. The predicted molar refractivity (Wildman–Crippen MR) is 192 cm³/mol. The Labute approximate surface area is 292 Å². The fourth-order valence-electron chi connectivity index (χ4n) is 7.32. The summed E-state index contributed by atoms with van der Waals surface area (Å²) in [7, 11) is 0. The molecule has 4 heterocycles. The van der Waals surface area contributed by atoms with E-state index in [-0.39, 0.29) is 12.0 Å². The van der Waals surface area contributed by atoms with Crippen LogP contribution in [-0.2, 0) is 24.4 Å². The Bertz CT molecular complexity index is 2060.